The highest BCUT2D eigenvalue weighted by molar-refractivity contribution is 6.31. The SMILES string of the molecule is CC(C)(C)C[C@@H]1N[C@@H](C(=O)O)[C@H](c2cccc(Cl)c2)[C@]12C(=O)Nc1cc(Cl)ccc12. The van der Waals surface area contributed by atoms with Crippen molar-refractivity contribution in [3.63, 3.8) is 0 Å². The maximum atomic E-state index is 13.7. The molecule has 0 aromatic heterocycles. The topological polar surface area (TPSA) is 78.4 Å². The molecule has 2 aromatic rings. The van der Waals surface area contributed by atoms with Crippen LogP contribution in [0.25, 0.3) is 0 Å². The van der Waals surface area contributed by atoms with Crippen molar-refractivity contribution < 1.29 is 14.7 Å². The molecular weight excluding hydrogens is 423 g/mol. The highest BCUT2D eigenvalue weighted by Crippen LogP contribution is 2.56. The van der Waals surface area contributed by atoms with Crippen LogP contribution in [0.5, 0.6) is 0 Å². The monoisotopic (exact) mass is 446 g/mol. The number of nitrogens with one attached hydrogen (secondary N) is 2. The number of aliphatic carboxylic acids is 1. The molecule has 158 valence electrons. The van der Waals surface area contributed by atoms with Crippen LogP contribution in [-0.2, 0) is 15.0 Å². The number of halogens is 2. The summed E-state index contributed by atoms with van der Waals surface area (Å²) in [5, 5.41) is 17.4. The second-order valence-corrected chi connectivity index (χ2v) is 10.2. The molecule has 0 unspecified atom stereocenters. The third-order valence-electron chi connectivity index (χ3n) is 6.10. The molecule has 3 N–H and O–H groups in total. The Balaban J connectivity index is 2.00. The highest BCUT2D eigenvalue weighted by atomic mass is 35.5. The molecule has 0 aliphatic carbocycles. The Labute approximate surface area is 185 Å². The Bertz CT molecular complexity index is 1030. The maximum absolute atomic E-state index is 13.7. The number of benzene rings is 2. The molecule has 1 fully saturated rings. The standard InChI is InChI=1S/C23H24Cl2N2O3/c1-22(2,3)11-17-23(15-8-7-14(25)10-16(15)26-21(23)30)18(19(27-17)20(28)29)12-5-4-6-13(24)9-12/h4-10,17-19,27H,11H2,1-3H3,(H,26,30)(H,28,29)/t17-,18-,19+,23+/m0/s1. The Morgan fingerprint density at radius 1 is 1.13 bits per heavy atom. The number of amides is 1. The largest absolute Gasteiger partial charge is 0.480 e. The average Bonchev–Trinajstić information content (AvgIpc) is 3.10. The van der Waals surface area contributed by atoms with Crippen LogP contribution in [0.3, 0.4) is 0 Å². The number of rotatable bonds is 3. The van der Waals surface area contributed by atoms with Crippen LogP contribution < -0.4 is 10.6 Å². The summed E-state index contributed by atoms with van der Waals surface area (Å²) in [6.07, 6.45) is 0.614. The number of fused-ring (bicyclic) bond motifs is 2. The maximum Gasteiger partial charge on any atom is 0.321 e. The van der Waals surface area contributed by atoms with Gasteiger partial charge in [0.2, 0.25) is 5.91 Å². The molecule has 2 heterocycles. The minimum atomic E-state index is -1.10. The first-order valence-electron chi connectivity index (χ1n) is 9.90. The number of carboxylic acids is 1. The summed E-state index contributed by atoms with van der Waals surface area (Å²) in [4.78, 5) is 26.0. The van der Waals surface area contributed by atoms with Gasteiger partial charge in [0, 0.05) is 27.7 Å². The van der Waals surface area contributed by atoms with E-state index in [4.69, 9.17) is 23.2 Å². The molecule has 1 saturated heterocycles. The van der Waals surface area contributed by atoms with Crippen molar-refractivity contribution in [1.82, 2.24) is 5.32 Å². The van der Waals surface area contributed by atoms with Crippen molar-refractivity contribution in [3.05, 3.63) is 63.6 Å². The first-order valence-corrected chi connectivity index (χ1v) is 10.7. The van der Waals surface area contributed by atoms with Gasteiger partial charge >= 0.3 is 5.97 Å². The first-order chi connectivity index (χ1) is 14.0. The lowest BCUT2D eigenvalue weighted by atomic mass is 9.62. The summed E-state index contributed by atoms with van der Waals surface area (Å²) in [6.45, 7) is 6.25. The zero-order valence-corrected chi connectivity index (χ0v) is 18.5. The van der Waals surface area contributed by atoms with E-state index in [0.29, 0.717) is 22.2 Å². The van der Waals surface area contributed by atoms with Crippen molar-refractivity contribution in [2.24, 2.45) is 5.41 Å². The Morgan fingerprint density at radius 3 is 2.47 bits per heavy atom. The third kappa shape index (κ3) is 3.29. The van der Waals surface area contributed by atoms with Crippen LogP contribution in [0.1, 0.15) is 44.2 Å². The van der Waals surface area contributed by atoms with Gasteiger partial charge in [0.1, 0.15) is 11.5 Å². The number of carbonyl (C=O) groups excluding carboxylic acids is 1. The Hall–Kier alpha value is -2.08. The fourth-order valence-corrected chi connectivity index (χ4v) is 5.48. The van der Waals surface area contributed by atoms with E-state index in [1.807, 2.05) is 12.1 Å². The molecule has 0 radical (unpaired) electrons. The van der Waals surface area contributed by atoms with Gasteiger partial charge in [-0.15, -0.1) is 0 Å². The number of carbonyl (C=O) groups is 2. The number of hydrogen-bond donors (Lipinski definition) is 3. The number of carboxylic acid groups (broad SMARTS) is 1. The summed E-state index contributed by atoms with van der Waals surface area (Å²) in [7, 11) is 0. The van der Waals surface area contributed by atoms with E-state index in [9.17, 15) is 14.7 Å². The van der Waals surface area contributed by atoms with Crippen molar-refractivity contribution >= 4 is 40.8 Å². The molecular formula is C23H24Cl2N2O3. The molecule has 0 bridgehead atoms. The van der Waals surface area contributed by atoms with E-state index in [2.05, 4.69) is 31.4 Å². The molecule has 1 amide bonds. The van der Waals surface area contributed by atoms with Crippen molar-refractivity contribution in [3.8, 4) is 0 Å². The molecule has 2 aliphatic heterocycles. The fraction of sp³-hybridized carbons (Fsp3) is 0.391. The third-order valence-corrected chi connectivity index (χ3v) is 6.57. The molecule has 1 spiro atoms. The molecule has 2 aromatic carbocycles. The molecule has 7 heteroatoms. The predicted molar refractivity (Wildman–Crippen MR) is 118 cm³/mol. The quantitative estimate of drug-likeness (QED) is 0.630. The molecule has 30 heavy (non-hydrogen) atoms. The lowest BCUT2D eigenvalue weighted by Gasteiger charge is -2.37. The van der Waals surface area contributed by atoms with Gasteiger partial charge in [-0.05, 0) is 47.2 Å². The summed E-state index contributed by atoms with van der Waals surface area (Å²) >= 11 is 12.4. The van der Waals surface area contributed by atoms with Gasteiger partial charge in [0.25, 0.3) is 0 Å². The van der Waals surface area contributed by atoms with Gasteiger partial charge in [-0.1, -0.05) is 62.2 Å². The van der Waals surface area contributed by atoms with Crippen LogP contribution >= 0.6 is 23.2 Å². The van der Waals surface area contributed by atoms with Gasteiger partial charge < -0.3 is 10.4 Å². The lowest BCUT2D eigenvalue weighted by molar-refractivity contribution is -0.139. The van der Waals surface area contributed by atoms with Crippen LogP contribution in [-0.4, -0.2) is 29.1 Å². The van der Waals surface area contributed by atoms with E-state index in [0.717, 1.165) is 11.1 Å². The lowest BCUT2D eigenvalue weighted by Crippen LogP contribution is -2.49. The van der Waals surface area contributed by atoms with Gasteiger partial charge in [-0.2, -0.15) is 0 Å². The van der Waals surface area contributed by atoms with Crippen LogP contribution in [0.15, 0.2) is 42.5 Å². The molecule has 5 nitrogen and oxygen atoms in total. The Kier molecular flexibility index (Phi) is 5.12. The Morgan fingerprint density at radius 2 is 1.83 bits per heavy atom. The second-order valence-electron chi connectivity index (χ2n) is 9.35. The summed E-state index contributed by atoms with van der Waals surface area (Å²) < 4.78 is 0. The fourth-order valence-electron chi connectivity index (χ4n) is 5.11. The molecule has 4 atom stereocenters. The highest BCUT2D eigenvalue weighted by Gasteiger charge is 2.65. The molecule has 0 saturated carbocycles. The first kappa shape index (κ1) is 21.2. The van der Waals surface area contributed by atoms with Crippen molar-refractivity contribution in [2.75, 3.05) is 5.32 Å². The van der Waals surface area contributed by atoms with E-state index in [1.54, 1.807) is 30.3 Å². The van der Waals surface area contributed by atoms with E-state index in [-0.39, 0.29) is 17.4 Å². The van der Waals surface area contributed by atoms with E-state index < -0.39 is 23.3 Å². The summed E-state index contributed by atoms with van der Waals surface area (Å²) in [6, 6.07) is 11.1. The van der Waals surface area contributed by atoms with E-state index in [1.165, 1.54) is 0 Å². The molecule has 4 rings (SSSR count). The van der Waals surface area contributed by atoms with Gasteiger partial charge in [0.05, 0.1) is 0 Å². The van der Waals surface area contributed by atoms with Crippen LogP contribution in [0, 0.1) is 5.41 Å². The minimum absolute atomic E-state index is 0.133. The zero-order chi connectivity index (χ0) is 21.8. The van der Waals surface area contributed by atoms with Gasteiger partial charge in [-0.25, -0.2) is 0 Å². The molecule has 2 aliphatic rings. The minimum Gasteiger partial charge on any atom is -0.480 e. The second kappa shape index (κ2) is 7.26. The number of anilines is 1. The number of hydrogen-bond acceptors (Lipinski definition) is 3. The predicted octanol–water partition coefficient (Wildman–Crippen LogP) is 4.83. The van der Waals surface area contributed by atoms with Gasteiger partial charge in [0.15, 0.2) is 0 Å². The van der Waals surface area contributed by atoms with Crippen LogP contribution in [0.4, 0.5) is 5.69 Å². The van der Waals surface area contributed by atoms with Crippen molar-refractivity contribution in [2.45, 2.75) is 50.6 Å². The van der Waals surface area contributed by atoms with Crippen molar-refractivity contribution in [1.29, 1.82) is 0 Å². The van der Waals surface area contributed by atoms with Crippen LogP contribution in [0.2, 0.25) is 10.0 Å². The summed E-state index contributed by atoms with van der Waals surface area (Å²) in [5.74, 6) is -1.84. The summed E-state index contributed by atoms with van der Waals surface area (Å²) in [5.41, 5.74) is 0.892. The zero-order valence-electron chi connectivity index (χ0n) is 17.0. The smallest absolute Gasteiger partial charge is 0.321 e. The average molecular weight is 447 g/mol. The van der Waals surface area contributed by atoms with E-state index >= 15 is 0 Å². The van der Waals surface area contributed by atoms with Gasteiger partial charge in [-0.3, -0.25) is 14.9 Å². The normalized spacial score (nSPS) is 27.9.